The minimum Gasteiger partial charge on any atom is -0.361 e. The lowest BCUT2D eigenvalue weighted by Gasteiger charge is -2.40. The normalized spacial score (nSPS) is 28.0. The largest absolute Gasteiger partial charge is 0.361 e. The zero-order valence-corrected chi connectivity index (χ0v) is 10.6. The zero-order chi connectivity index (χ0) is 13.0. The summed E-state index contributed by atoms with van der Waals surface area (Å²) in [5.41, 5.74) is 10.4. The van der Waals surface area contributed by atoms with Crippen LogP contribution in [-0.2, 0) is 14.2 Å². The van der Waals surface area contributed by atoms with Crippen LogP contribution < -0.4 is 0 Å². The summed E-state index contributed by atoms with van der Waals surface area (Å²) in [4.78, 5) is 5.27. The van der Waals surface area contributed by atoms with Crippen LogP contribution in [0.3, 0.4) is 0 Å². The van der Waals surface area contributed by atoms with Crippen molar-refractivity contribution in [1.82, 2.24) is 4.90 Å². The molecule has 0 bridgehead atoms. The summed E-state index contributed by atoms with van der Waals surface area (Å²) < 4.78 is 16.1. The van der Waals surface area contributed by atoms with Crippen molar-refractivity contribution in [2.45, 2.75) is 18.9 Å². The van der Waals surface area contributed by atoms with Gasteiger partial charge in [0.15, 0.2) is 12.5 Å². The monoisotopic (exact) mass is 251 g/mol. The molecule has 0 aromatic heterocycles. The van der Waals surface area contributed by atoms with Gasteiger partial charge >= 0.3 is 0 Å². The Bertz CT molecular complexity index is 413. The minimum absolute atomic E-state index is 0.125. The summed E-state index contributed by atoms with van der Waals surface area (Å²) in [6.07, 6.45) is 5.92. The molecule has 2 atom stereocenters. The van der Waals surface area contributed by atoms with E-state index in [0.717, 1.165) is 5.70 Å². The van der Waals surface area contributed by atoms with Crippen molar-refractivity contribution in [3.63, 3.8) is 0 Å². The van der Waals surface area contributed by atoms with Gasteiger partial charge in [-0.2, -0.15) is 4.79 Å². The smallest absolute Gasteiger partial charge is 0.295 e. The van der Waals surface area contributed by atoms with Crippen LogP contribution >= 0.6 is 0 Å². The number of hydrogen-bond donors (Lipinski definition) is 0. The van der Waals surface area contributed by atoms with Gasteiger partial charge in [-0.05, 0) is 12.2 Å². The van der Waals surface area contributed by atoms with E-state index < -0.39 is 0 Å². The first kappa shape index (κ1) is 13.0. The number of nitrogens with zero attached hydrogens (tertiary/aromatic N) is 3. The molecule has 6 nitrogen and oxygen atoms in total. The van der Waals surface area contributed by atoms with Crippen molar-refractivity contribution < 1.29 is 19.0 Å². The molecule has 18 heavy (non-hydrogen) atoms. The van der Waals surface area contributed by atoms with Crippen LogP contribution in [0, 0.1) is 0 Å². The third kappa shape index (κ3) is 2.68. The second-order valence-electron chi connectivity index (χ2n) is 4.10. The number of rotatable bonds is 3. The molecule has 0 spiro atoms. The van der Waals surface area contributed by atoms with Gasteiger partial charge in [0, 0.05) is 26.0 Å². The lowest BCUT2D eigenvalue weighted by Crippen LogP contribution is -2.50. The summed E-state index contributed by atoms with van der Waals surface area (Å²) in [7, 11) is 3.28. The van der Waals surface area contributed by atoms with Crippen LogP contribution in [0.25, 0.3) is 5.53 Å². The van der Waals surface area contributed by atoms with Gasteiger partial charge < -0.3 is 24.6 Å². The number of allylic oxidation sites excluding steroid dienone is 3. The maximum absolute atomic E-state index is 8.70. The predicted molar refractivity (Wildman–Crippen MR) is 64.7 cm³/mol. The second kappa shape index (κ2) is 5.93. The van der Waals surface area contributed by atoms with Gasteiger partial charge in [0.25, 0.3) is 5.71 Å². The van der Waals surface area contributed by atoms with Crippen molar-refractivity contribution in [1.29, 1.82) is 0 Å². The number of morpholine rings is 1. The van der Waals surface area contributed by atoms with Crippen molar-refractivity contribution >= 4 is 5.71 Å². The molecule has 1 aliphatic carbocycles. The standard InChI is InChI=1S/C12H17N3O3/c1-16-11-8-18-12(17-2)7-15(11)10-5-3-9(14-13)4-6-10/h3,5-6,11-12H,4,7-8H2,1-2H3. The van der Waals surface area contributed by atoms with E-state index in [4.69, 9.17) is 19.7 Å². The molecule has 1 heterocycles. The van der Waals surface area contributed by atoms with Crippen LogP contribution in [0.15, 0.2) is 23.9 Å². The van der Waals surface area contributed by atoms with Crippen LogP contribution in [0.5, 0.6) is 0 Å². The van der Waals surface area contributed by atoms with Gasteiger partial charge in [-0.15, -0.1) is 0 Å². The molecule has 2 rings (SSSR count). The van der Waals surface area contributed by atoms with Crippen molar-refractivity contribution in [2.75, 3.05) is 27.4 Å². The molecule has 2 aliphatic rings. The molecule has 1 fully saturated rings. The van der Waals surface area contributed by atoms with E-state index in [1.54, 1.807) is 20.3 Å². The lowest BCUT2D eigenvalue weighted by atomic mass is 10.1. The highest BCUT2D eigenvalue weighted by Crippen LogP contribution is 2.21. The number of hydrogen-bond acceptors (Lipinski definition) is 4. The first-order valence-electron chi connectivity index (χ1n) is 5.81. The first-order valence-corrected chi connectivity index (χ1v) is 5.81. The van der Waals surface area contributed by atoms with Gasteiger partial charge in [0.1, 0.15) is 0 Å². The third-order valence-electron chi connectivity index (χ3n) is 3.08. The molecule has 0 aromatic carbocycles. The first-order chi connectivity index (χ1) is 8.78. The van der Waals surface area contributed by atoms with Crippen LogP contribution in [-0.4, -0.2) is 55.3 Å². The molecule has 0 radical (unpaired) electrons. The van der Waals surface area contributed by atoms with Crippen LogP contribution in [0.1, 0.15) is 6.42 Å². The molecule has 1 aliphatic heterocycles. The quantitative estimate of drug-likeness (QED) is 0.549. The molecule has 1 saturated heterocycles. The zero-order valence-electron chi connectivity index (χ0n) is 10.6. The third-order valence-corrected chi connectivity index (χ3v) is 3.08. The Morgan fingerprint density at radius 2 is 2.22 bits per heavy atom. The van der Waals surface area contributed by atoms with E-state index in [1.165, 1.54) is 0 Å². The summed E-state index contributed by atoms with van der Waals surface area (Å²) in [6, 6.07) is 0. The SMILES string of the molecule is COC1CN(C2=CCC(=[N+]=[N-])C=C2)C(OC)CO1. The summed E-state index contributed by atoms with van der Waals surface area (Å²) in [5.74, 6) is 0. The lowest BCUT2D eigenvalue weighted by molar-refractivity contribution is -0.216. The average Bonchev–Trinajstić information content (AvgIpc) is 2.46. The van der Waals surface area contributed by atoms with Crippen molar-refractivity contribution in [3.8, 4) is 0 Å². The Morgan fingerprint density at radius 1 is 1.39 bits per heavy atom. The molecule has 2 unspecified atom stereocenters. The van der Waals surface area contributed by atoms with Gasteiger partial charge in [-0.1, -0.05) is 0 Å². The molecule has 0 saturated carbocycles. The maximum Gasteiger partial charge on any atom is 0.295 e. The minimum atomic E-state index is -0.251. The second-order valence-corrected chi connectivity index (χ2v) is 4.10. The molecular weight excluding hydrogens is 234 g/mol. The highest BCUT2D eigenvalue weighted by molar-refractivity contribution is 5.93. The van der Waals surface area contributed by atoms with Crippen molar-refractivity contribution in [2.24, 2.45) is 0 Å². The van der Waals surface area contributed by atoms with Gasteiger partial charge in [0.05, 0.1) is 19.6 Å². The van der Waals surface area contributed by atoms with Gasteiger partial charge in [-0.3, -0.25) is 0 Å². The summed E-state index contributed by atoms with van der Waals surface area (Å²) in [5, 5.41) is 0. The maximum atomic E-state index is 8.70. The highest BCUT2D eigenvalue weighted by Gasteiger charge is 2.30. The molecule has 0 N–H and O–H groups in total. The molecular formula is C12H17N3O3. The Hall–Kier alpha value is -1.46. The number of ether oxygens (including phenoxy) is 3. The van der Waals surface area contributed by atoms with Gasteiger partial charge in [-0.25, -0.2) is 0 Å². The fraction of sp³-hybridized carbons (Fsp3) is 0.583. The predicted octanol–water partition coefficient (Wildman–Crippen LogP) is 0.778. The average molecular weight is 251 g/mol. The van der Waals surface area contributed by atoms with E-state index in [0.29, 0.717) is 25.3 Å². The van der Waals surface area contributed by atoms with Crippen molar-refractivity contribution in [3.05, 3.63) is 29.5 Å². The van der Waals surface area contributed by atoms with Crippen LogP contribution in [0.2, 0.25) is 0 Å². The van der Waals surface area contributed by atoms with Gasteiger partial charge in [0.2, 0.25) is 0 Å². The molecule has 6 heteroatoms. The fourth-order valence-corrected chi connectivity index (χ4v) is 2.03. The van der Waals surface area contributed by atoms with E-state index in [1.807, 2.05) is 12.2 Å². The topological polar surface area (TPSA) is 67.3 Å². The Kier molecular flexibility index (Phi) is 4.28. The van der Waals surface area contributed by atoms with E-state index in [-0.39, 0.29) is 12.5 Å². The van der Waals surface area contributed by atoms with E-state index >= 15 is 0 Å². The Morgan fingerprint density at radius 3 is 2.78 bits per heavy atom. The van der Waals surface area contributed by atoms with Crippen LogP contribution in [0.4, 0.5) is 0 Å². The molecule has 0 amide bonds. The Balaban J connectivity index is 2.12. The van der Waals surface area contributed by atoms with E-state index in [2.05, 4.69) is 9.69 Å². The van der Waals surface area contributed by atoms with E-state index in [9.17, 15) is 0 Å². The highest BCUT2D eigenvalue weighted by atomic mass is 16.7. The molecule has 98 valence electrons. The summed E-state index contributed by atoms with van der Waals surface area (Å²) in [6.45, 7) is 1.07. The fourth-order valence-electron chi connectivity index (χ4n) is 2.03. The molecule has 0 aromatic rings. The number of methoxy groups -OCH3 is 2. The summed E-state index contributed by atoms with van der Waals surface area (Å²) >= 11 is 0. The Labute approximate surface area is 106 Å².